The summed E-state index contributed by atoms with van der Waals surface area (Å²) in [6, 6.07) is 7.10. The molecule has 2 aromatic rings. The summed E-state index contributed by atoms with van der Waals surface area (Å²) in [5, 5.41) is 0.208. The molecule has 1 aromatic carbocycles. The third-order valence-electron chi connectivity index (χ3n) is 3.86. The molecule has 132 valence electrons. The first-order valence-electron chi connectivity index (χ1n) is 7.48. The van der Waals surface area contributed by atoms with Crippen molar-refractivity contribution in [3.8, 4) is 11.5 Å². The quantitative estimate of drug-likeness (QED) is 0.688. The first-order chi connectivity index (χ1) is 12.0. The predicted octanol–water partition coefficient (Wildman–Crippen LogP) is 3.92. The van der Waals surface area contributed by atoms with E-state index in [-0.39, 0.29) is 11.2 Å². The number of hydrogen-bond donors (Lipinski definition) is 0. The van der Waals surface area contributed by atoms with Gasteiger partial charge in [-0.3, -0.25) is 9.69 Å². The Morgan fingerprint density at radius 2 is 2.04 bits per heavy atom. The molecule has 0 radical (unpaired) electrons. The summed E-state index contributed by atoms with van der Waals surface area (Å²) >= 11 is 13.1. The Kier molecular flexibility index (Phi) is 5.56. The van der Waals surface area contributed by atoms with E-state index >= 15 is 0 Å². The summed E-state index contributed by atoms with van der Waals surface area (Å²) in [5.41, 5.74) is 0.813. The molecule has 3 rings (SSSR count). The molecule has 1 atom stereocenters. The number of nitrogens with zero attached hydrogens (tertiary/aromatic N) is 1. The Morgan fingerprint density at radius 1 is 1.32 bits per heavy atom. The van der Waals surface area contributed by atoms with Gasteiger partial charge >= 0.3 is 0 Å². The molecule has 0 saturated carbocycles. The Labute approximate surface area is 160 Å². The molecule has 1 fully saturated rings. The SMILES string of the molecule is COc1cc(Cl)c(C[C@@H]2SC(=S)N(Cc3ccco3)C2=O)cc1OC. The fourth-order valence-corrected chi connectivity index (χ4v) is 4.33. The summed E-state index contributed by atoms with van der Waals surface area (Å²) < 4.78 is 16.4. The number of methoxy groups -OCH3 is 2. The minimum Gasteiger partial charge on any atom is -0.493 e. The molecule has 1 aliphatic heterocycles. The van der Waals surface area contributed by atoms with Crippen LogP contribution in [0.4, 0.5) is 0 Å². The van der Waals surface area contributed by atoms with E-state index in [0.717, 1.165) is 5.56 Å². The van der Waals surface area contributed by atoms with E-state index in [1.807, 2.05) is 6.07 Å². The highest BCUT2D eigenvalue weighted by Crippen LogP contribution is 2.37. The highest BCUT2D eigenvalue weighted by atomic mass is 35.5. The number of halogens is 1. The van der Waals surface area contributed by atoms with Gasteiger partial charge in [0, 0.05) is 11.1 Å². The first-order valence-corrected chi connectivity index (χ1v) is 9.15. The number of thioether (sulfide) groups is 1. The molecule has 1 amide bonds. The second-order valence-corrected chi connectivity index (χ2v) is 7.62. The monoisotopic (exact) mass is 397 g/mol. The van der Waals surface area contributed by atoms with Crippen LogP contribution in [0.5, 0.6) is 11.5 Å². The molecule has 0 bridgehead atoms. The number of furan rings is 1. The highest BCUT2D eigenvalue weighted by molar-refractivity contribution is 8.24. The van der Waals surface area contributed by atoms with Gasteiger partial charge in [-0.05, 0) is 30.2 Å². The van der Waals surface area contributed by atoms with Gasteiger partial charge in [-0.15, -0.1) is 0 Å². The van der Waals surface area contributed by atoms with E-state index in [0.29, 0.717) is 39.6 Å². The van der Waals surface area contributed by atoms with Crippen LogP contribution in [0.25, 0.3) is 0 Å². The van der Waals surface area contributed by atoms with Gasteiger partial charge in [0.15, 0.2) is 11.5 Å². The first kappa shape index (κ1) is 18.1. The zero-order chi connectivity index (χ0) is 18.0. The van der Waals surface area contributed by atoms with Crippen molar-refractivity contribution >= 4 is 45.8 Å². The Bertz CT molecular complexity index is 794. The van der Waals surface area contributed by atoms with Crippen LogP contribution >= 0.6 is 35.6 Å². The number of ether oxygens (including phenoxy) is 2. The molecule has 0 N–H and O–H groups in total. The van der Waals surface area contributed by atoms with Crippen LogP contribution in [0, 0.1) is 0 Å². The van der Waals surface area contributed by atoms with Gasteiger partial charge in [-0.2, -0.15) is 0 Å². The van der Waals surface area contributed by atoms with Crippen LogP contribution in [-0.2, 0) is 17.8 Å². The molecule has 0 unspecified atom stereocenters. The maximum Gasteiger partial charge on any atom is 0.242 e. The van der Waals surface area contributed by atoms with Crippen LogP contribution in [0.2, 0.25) is 5.02 Å². The van der Waals surface area contributed by atoms with Crippen LogP contribution in [0.1, 0.15) is 11.3 Å². The van der Waals surface area contributed by atoms with Crippen molar-refractivity contribution in [2.75, 3.05) is 14.2 Å². The number of amides is 1. The number of rotatable bonds is 6. The maximum absolute atomic E-state index is 12.7. The maximum atomic E-state index is 12.7. The van der Waals surface area contributed by atoms with Crippen LogP contribution in [0.15, 0.2) is 34.9 Å². The summed E-state index contributed by atoms with van der Waals surface area (Å²) in [6.07, 6.45) is 2.03. The largest absolute Gasteiger partial charge is 0.493 e. The average Bonchev–Trinajstić information content (AvgIpc) is 3.20. The van der Waals surface area contributed by atoms with Crippen molar-refractivity contribution in [2.45, 2.75) is 18.2 Å². The summed E-state index contributed by atoms with van der Waals surface area (Å²) in [4.78, 5) is 14.3. The molecule has 1 aromatic heterocycles. The van der Waals surface area contributed by atoms with E-state index in [9.17, 15) is 4.79 Å². The lowest BCUT2D eigenvalue weighted by atomic mass is 10.1. The van der Waals surface area contributed by atoms with Crippen molar-refractivity contribution in [1.29, 1.82) is 0 Å². The van der Waals surface area contributed by atoms with Gasteiger partial charge in [0.1, 0.15) is 10.1 Å². The highest BCUT2D eigenvalue weighted by Gasteiger charge is 2.37. The molecule has 2 heterocycles. The second-order valence-electron chi connectivity index (χ2n) is 5.38. The van der Waals surface area contributed by atoms with Gasteiger partial charge in [0.25, 0.3) is 0 Å². The predicted molar refractivity (Wildman–Crippen MR) is 101 cm³/mol. The lowest BCUT2D eigenvalue weighted by Crippen LogP contribution is -2.31. The van der Waals surface area contributed by atoms with E-state index in [1.165, 1.54) is 11.8 Å². The topological polar surface area (TPSA) is 51.9 Å². The van der Waals surface area contributed by atoms with E-state index in [2.05, 4.69) is 0 Å². The Morgan fingerprint density at radius 3 is 2.68 bits per heavy atom. The standard InChI is InChI=1S/C17H16ClNO4S2/c1-21-13-6-10(12(18)8-14(13)22-2)7-15-16(20)19(17(24)25-15)9-11-4-3-5-23-11/h3-6,8,15H,7,9H2,1-2H3/t15-/m0/s1. The fourth-order valence-electron chi connectivity index (χ4n) is 2.58. The molecular weight excluding hydrogens is 382 g/mol. The zero-order valence-corrected chi connectivity index (χ0v) is 16.0. The Hall–Kier alpha value is -1.70. The van der Waals surface area contributed by atoms with Gasteiger partial charge in [0.05, 0.1) is 32.3 Å². The van der Waals surface area contributed by atoms with Crippen LogP contribution in [0.3, 0.4) is 0 Å². The van der Waals surface area contributed by atoms with E-state index in [1.54, 1.807) is 43.6 Å². The fraction of sp³-hybridized carbons (Fsp3) is 0.294. The van der Waals surface area contributed by atoms with E-state index in [4.69, 9.17) is 37.7 Å². The zero-order valence-electron chi connectivity index (χ0n) is 13.7. The Balaban J connectivity index is 1.77. The van der Waals surface area contributed by atoms with E-state index < -0.39 is 0 Å². The average molecular weight is 398 g/mol. The number of carbonyl (C=O) groups is 1. The minimum absolute atomic E-state index is 0.0442. The number of benzene rings is 1. The van der Waals surface area contributed by atoms with Crippen molar-refractivity contribution in [3.05, 3.63) is 46.9 Å². The third kappa shape index (κ3) is 3.78. The minimum atomic E-state index is -0.321. The smallest absolute Gasteiger partial charge is 0.242 e. The normalized spacial score (nSPS) is 17.2. The van der Waals surface area contributed by atoms with Gasteiger partial charge in [0.2, 0.25) is 5.91 Å². The molecular formula is C17H16ClNO4S2. The van der Waals surface area contributed by atoms with Crippen LogP contribution in [-0.4, -0.2) is 34.6 Å². The lowest BCUT2D eigenvalue weighted by Gasteiger charge is -2.15. The van der Waals surface area contributed by atoms with Crippen molar-refractivity contribution in [2.24, 2.45) is 0 Å². The second kappa shape index (κ2) is 7.68. The van der Waals surface area contributed by atoms with Crippen molar-refractivity contribution in [3.63, 3.8) is 0 Å². The molecule has 1 aliphatic rings. The number of carbonyl (C=O) groups excluding carboxylic acids is 1. The van der Waals surface area contributed by atoms with Crippen molar-refractivity contribution < 1.29 is 18.7 Å². The van der Waals surface area contributed by atoms with Gasteiger partial charge in [-0.1, -0.05) is 35.6 Å². The number of hydrogen-bond acceptors (Lipinski definition) is 6. The third-order valence-corrected chi connectivity index (χ3v) is 5.79. The molecule has 1 saturated heterocycles. The lowest BCUT2D eigenvalue weighted by molar-refractivity contribution is -0.126. The van der Waals surface area contributed by atoms with Gasteiger partial charge in [-0.25, -0.2) is 0 Å². The van der Waals surface area contributed by atoms with Gasteiger partial charge < -0.3 is 13.9 Å². The molecule has 0 spiro atoms. The molecule has 5 nitrogen and oxygen atoms in total. The molecule has 8 heteroatoms. The number of thiocarbonyl (C=S) groups is 1. The summed E-state index contributed by atoms with van der Waals surface area (Å²) in [7, 11) is 3.11. The summed E-state index contributed by atoms with van der Waals surface area (Å²) in [6.45, 7) is 0.341. The van der Waals surface area contributed by atoms with Crippen LogP contribution < -0.4 is 9.47 Å². The molecule has 0 aliphatic carbocycles. The summed E-state index contributed by atoms with van der Waals surface area (Å²) in [5.74, 6) is 1.78. The molecule has 25 heavy (non-hydrogen) atoms. The van der Waals surface area contributed by atoms with Crippen molar-refractivity contribution in [1.82, 2.24) is 4.90 Å².